The monoisotopic (exact) mass is 177 g/mol. The molecular weight excluding hydrogens is 162 g/mol. The van der Waals surface area contributed by atoms with E-state index in [0.717, 1.165) is 12.8 Å². The predicted octanol–water partition coefficient (Wildman–Crippen LogP) is 1.92. The van der Waals surface area contributed by atoms with Crippen molar-refractivity contribution < 1.29 is 4.79 Å². The minimum absolute atomic E-state index is 0.0283. The van der Waals surface area contributed by atoms with Crippen LogP contribution in [-0.2, 0) is 4.79 Å². The van der Waals surface area contributed by atoms with Crippen LogP contribution in [0.5, 0.6) is 0 Å². The number of alkyl halides is 1. The molecule has 0 saturated carbocycles. The minimum Gasteiger partial charge on any atom is -0.355 e. The standard InChI is InChI=1S/C8H16ClNO/c1-3-4-5-8(11)10-6-7(2)9/h7H,3-6H2,1-2H3,(H,10,11). The van der Waals surface area contributed by atoms with Gasteiger partial charge in [-0.3, -0.25) is 4.79 Å². The van der Waals surface area contributed by atoms with Crippen LogP contribution in [0.3, 0.4) is 0 Å². The Hall–Kier alpha value is -0.240. The van der Waals surface area contributed by atoms with Gasteiger partial charge >= 0.3 is 0 Å². The molecular formula is C8H16ClNO. The van der Waals surface area contributed by atoms with E-state index >= 15 is 0 Å². The first-order chi connectivity index (χ1) is 5.16. The predicted molar refractivity (Wildman–Crippen MR) is 47.8 cm³/mol. The van der Waals surface area contributed by atoms with Crippen LogP contribution in [0.15, 0.2) is 0 Å². The molecule has 0 bridgehead atoms. The number of unbranched alkanes of at least 4 members (excludes halogenated alkanes) is 1. The average molecular weight is 178 g/mol. The molecule has 0 rings (SSSR count). The van der Waals surface area contributed by atoms with E-state index in [0.29, 0.717) is 13.0 Å². The summed E-state index contributed by atoms with van der Waals surface area (Å²) in [5.74, 6) is 0.111. The van der Waals surface area contributed by atoms with Gasteiger partial charge in [-0.15, -0.1) is 11.6 Å². The second kappa shape index (κ2) is 6.47. The van der Waals surface area contributed by atoms with Crippen LogP contribution < -0.4 is 5.32 Å². The van der Waals surface area contributed by atoms with E-state index in [1.165, 1.54) is 0 Å². The molecule has 0 aromatic carbocycles. The van der Waals surface area contributed by atoms with E-state index in [1.807, 2.05) is 6.92 Å². The van der Waals surface area contributed by atoms with E-state index in [4.69, 9.17) is 11.6 Å². The zero-order valence-electron chi connectivity index (χ0n) is 7.19. The summed E-state index contributed by atoms with van der Waals surface area (Å²) in [7, 11) is 0. The molecule has 0 aromatic heterocycles. The van der Waals surface area contributed by atoms with Crippen molar-refractivity contribution in [2.24, 2.45) is 0 Å². The Morgan fingerprint density at radius 2 is 2.27 bits per heavy atom. The van der Waals surface area contributed by atoms with Crippen molar-refractivity contribution in [1.82, 2.24) is 5.32 Å². The van der Waals surface area contributed by atoms with E-state index in [-0.39, 0.29) is 11.3 Å². The van der Waals surface area contributed by atoms with Gasteiger partial charge in [0.05, 0.1) is 0 Å². The number of halogens is 1. The maximum absolute atomic E-state index is 10.9. The summed E-state index contributed by atoms with van der Waals surface area (Å²) in [5, 5.41) is 2.77. The first-order valence-corrected chi connectivity index (χ1v) is 4.51. The smallest absolute Gasteiger partial charge is 0.220 e. The molecule has 0 saturated heterocycles. The van der Waals surface area contributed by atoms with Gasteiger partial charge in [-0.05, 0) is 13.3 Å². The minimum atomic E-state index is 0.0283. The summed E-state index contributed by atoms with van der Waals surface area (Å²) < 4.78 is 0. The third-order valence-electron chi connectivity index (χ3n) is 1.34. The molecule has 0 heterocycles. The first-order valence-electron chi connectivity index (χ1n) is 4.07. The van der Waals surface area contributed by atoms with Gasteiger partial charge in [0, 0.05) is 18.3 Å². The van der Waals surface area contributed by atoms with Crippen molar-refractivity contribution in [2.75, 3.05) is 6.54 Å². The second-order valence-corrected chi connectivity index (χ2v) is 3.43. The highest BCUT2D eigenvalue weighted by molar-refractivity contribution is 6.20. The van der Waals surface area contributed by atoms with Crippen LogP contribution in [0.25, 0.3) is 0 Å². The highest BCUT2D eigenvalue weighted by Crippen LogP contribution is 1.94. The lowest BCUT2D eigenvalue weighted by molar-refractivity contribution is -0.121. The van der Waals surface area contributed by atoms with Crippen LogP contribution in [0.1, 0.15) is 33.1 Å². The third kappa shape index (κ3) is 7.66. The average Bonchev–Trinajstić information content (AvgIpc) is 1.97. The van der Waals surface area contributed by atoms with E-state index in [9.17, 15) is 4.79 Å². The molecule has 1 N–H and O–H groups in total. The SMILES string of the molecule is CCCCC(=O)NCC(C)Cl. The van der Waals surface area contributed by atoms with Gasteiger partial charge in [0.2, 0.25) is 5.91 Å². The summed E-state index contributed by atoms with van der Waals surface area (Å²) in [4.78, 5) is 10.9. The number of carbonyl (C=O) groups excluding carboxylic acids is 1. The third-order valence-corrected chi connectivity index (χ3v) is 1.49. The Balaban J connectivity index is 3.23. The molecule has 2 nitrogen and oxygen atoms in total. The Morgan fingerprint density at radius 1 is 1.64 bits per heavy atom. The van der Waals surface area contributed by atoms with E-state index in [2.05, 4.69) is 12.2 Å². The molecule has 0 aliphatic carbocycles. The Bertz CT molecular complexity index is 115. The lowest BCUT2D eigenvalue weighted by atomic mass is 10.2. The highest BCUT2D eigenvalue weighted by Gasteiger charge is 2.00. The fourth-order valence-corrected chi connectivity index (χ4v) is 0.757. The summed E-state index contributed by atoms with van der Waals surface area (Å²) in [5.41, 5.74) is 0. The molecule has 1 atom stereocenters. The van der Waals surface area contributed by atoms with E-state index < -0.39 is 0 Å². The maximum Gasteiger partial charge on any atom is 0.220 e. The molecule has 0 radical (unpaired) electrons. The highest BCUT2D eigenvalue weighted by atomic mass is 35.5. The van der Waals surface area contributed by atoms with Crippen molar-refractivity contribution >= 4 is 17.5 Å². The lowest BCUT2D eigenvalue weighted by Crippen LogP contribution is -2.28. The zero-order chi connectivity index (χ0) is 8.69. The van der Waals surface area contributed by atoms with Crippen molar-refractivity contribution in [3.8, 4) is 0 Å². The second-order valence-electron chi connectivity index (χ2n) is 2.69. The quantitative estimate of drug-likeness (QED) is 0.639. The van der Waals surface area contributed by atoms with Crippen molar-refractivity contribution in [3.05, 3.63) is 0 Å². The first kappa shape index (κ1) is 10.8. The zero-order valence-corrected chi connectivity index (χ0v) is 7.95. The number of amides is 1. The molecule has 0 fully saturated rings. The molecule has 1 amide bonds. The van der Waals surface area contributed by atoms with Gasteiger partial charge in [0.25, 0.3) is 0 Å². The van der Waals surface area contributed by atoms with Crippen LogP contribution in [0.2, 0.25) is 0 Å². The molecule has 0 aliphatic heterocycles. The van der Waals surface area contributed by atoms with Crippen molar-refractivity contribution in [3.63, 3.8) is 0 Å². The molecule has 0 aromatic rings. The molecule has 3 heteroatoms. The van der Waals surface area contributed by atoms with Gasteiger partial charge in [0.1, 0.15) is 0 Å². The van der Waals surface area contributed by atoms with Crippen LogP contribution in [-0.4, -0.2) is 17.8 Å². The van der Waals surface area contributed by atoms with Gasteiger partial charge in [-0.1, -0.05) is 13.3 Å². The largest absolute Gasteiger partial charge is 0.355 e. The van der Waals surface area contributed by atoms with Crippen LogP contribution in [0.4, 0.5) is 0 Å². The number of hydrogen-bond donors (Lipinski definition) is 1. The van der Waals surface area contributed by atoms with Gasteiger partial charge in [-0.2, -0.15) is 0 Å². The number of nitrogens with one attached hydrogen (secondary N) is 1. The number of carbonyl (C=O) groups is 1. The van der Waals surface area contributed by atoms with Crippen LogP contribution >= 0.6 is 11.6 Å². The summed E-state index contributed by atoms with van der Waals surface area (Å²) in [6, 6.07) is 0. The summed E-state index contributed by atoms with van der Waals surface area (Å²) in [6.07, 6.45) is 2.65. The Morgan fingerprint density at radius 3 is 2.73 bits per heavy atom. The number of hydrogen-bond acceptors (Lipinski definition) is 1. The van der Waals surface area contributed by atoms with Gasteiger partial charge in [0.15, 0.2) is 0 Å². The topological polar surface area (TPSA) is 29.1 Å². The molecule has 11 heavy (non-hydrogen) atoms. The van der Waals surface area contributed by atoms with Gasteiger partial charge in [-0.25, -0.2) is 0 Å². The van der Waals surface area contributed by atoms with E-state index in [1.54, 1.807) is 0 Å². The van der Waals surface area contributed by atoms with Crippen LogP contribution in [0, 0.1) is 0 Å². The molecule has 0 spiro atoms. The molecule has 0 aliphatic rings. The van der Waals surface area contributed by atoms with Crippen molar-refractivity contribution in [2.45, 2.75) is 38.5 Å². The fraction of sp³-hybridized carbons (Fsp3) is 0.875. The Labute approximate surface area is 73.3 Å². The summed E-state index contributed by atoms with van der Waals surface area (Å²) in [6.45, 7) is 4.50. The lowest BCUT2D eigenvalue weighted by Gasteiger charge is -2.04. The number of rotatable bonds is 5. The summed E-state index contributed by atoms with van der Waals surface area (Å²) >= 11 is 5.64. The van der Waals surface area contributed by atoms with Crippen molar-refractivity contribution in [1.29, 1.82) is 0 Å². The molecule has 1 unspecified atom stereocenters. The van der Waals surface area contributed by atoms with Gasteiger partial charge < -0.3 is 5.32 Å². The normalized spacial score (nSPS) is 12.6. The maximum atomic E-state index is 10.9. The molecule has 66 valence electrons. The fourth-order valence-electron chi connectivity index (χ4n) is 0.680. The Kier molecular flexibility index (Phi) is 6.33.